The fourth-order valence-corrected chi connectivity index (χ4v) is 5.61. The van der Waals surface area contributed by atoms with Gasteiger partial charge in [0.25, 0.3) is 0 Å². The molecule has 0 aromatic heterocycles. The molecule has 1 fully saturated rings. The molecule has 2 aliphatic rings. The fraction of sp³-hybridized carbons (Fsp3) is 0.593. The highest BCUT2D eigenvalue weighted by atomic mass is 35.5. The molecule has 5 atom stereocenters. The van der Waals surface area contributed by atoms with Crippen molar-refractivity contribution in [1.82, 2.24) is 4.90 Å². The van der Waals surface area contributed by atoms with Crippen LogP contribution in [0.3, 0.4) is 0 Å². The molecule has 1 aromatic carbocycles. The van der Waals surface area contributed by atoms with Gasteiger partial charge in [-0.05, 0) is 44.2 Å². The Hall–Kier alpha value is -2.38. The van der Waals surface area contributed by atoms with Gasteiger partial charge in [-0.2, -0.15) is 0 Å². The van der Waals surface area contributed by atoms with Gasteiger partial charge < -0.3 is 20.1 Å². The number of aliphatic hydroxyl groups is 1. The second-order valence-corrected chi connectivity index (χ2v) is 9.71. The van der Waals surface area contributed by atoms with Gasteiger partial charge in [-0.1, -0.05) is 62.1 Å². The minimum absolute atomic E-state index is 0.0963. The Kier molecular flexibility index (Phi) is 10.2. The number of esters is 1. The predicted octanol–water partition coefficient (Wildman–Crippen LogP) is 4.44. The maximum Gasteiger partial charge on any atom is 0.310 e. The zero-order valence-corrected chi connectivity index (χ0v) is 21.4. The third-order valence-electron chi connectivity index (χ3n) is 7.00. The summed E-state index contributed by atoms with van der Waals surface area (Å²) in [7, 11) is 0. The number of hydrogen-bond donors (Lipinski definition) is 2. The number of halogens is 1. The number of nitrogens with one attached hydrogen (secondary N) is 1. The molecule has 0 bridgehead atoms. The number of hydrogen-bond acceptors (Lipinski definition) is 5. The molecule has 0 unspecified atom stereocenters. The highest BCUT2D eigenvalue weighted by Gasteiger charge is 2.57. The van der Waals surface area contributed by atoms with Crippen LogP contribution >= 0.6 is 11.6 Å². The number of allylic oxidation sites excluding steroid dienone is 1. The minimum Gasteiger partial charge on any atom is -0.466 e. The van der Waals surface area contributed by atoms with Crippen molar-refractivity contribution in [1.29, 1.82) is 0 Å². The zero-order valence-electron chi connectivity index (χ0n) is 20.6. The second-order valence-electron chi connectivity index (χ2n) is 9.30. The summed E-state index contributed by atoms with van der Waals surface area (Å²) in [4.78, 5) is 42.1. The molecule has 8 heteroatoms. The van der Waals surface area contributed by atoms with Crippen LogP contribution in [0.2, 0.25) is 5.02 Å². The summed E-state index contributed by atoms with van der Waals surface area (Å²) in [6.07, 6.45) is 8.73. The summed E-state index contributed by atoms with van der Waals surface area (Å²) >= 11 is 6.27. The van der Waals surface area contributed by atoms with Crippen molar-refractivity contribution in [2.45, 2.75) is 58.4 Å². The molecule has 2 amide bonds. The Labute approximate surface area is 212 Å². The standard InChI is InChI=1S/C27H37ClN2O5/c1-3-11-18-14-15-19-23(22(18)27(34)35-4-2)26(33)30(16-9-5-6-10-17-31)24(19)25(32)29-21-13-8-7-12-20(21)28/h7-8,12-15,18-19,22-24,31H,3-6,9-11,16-17H2,1-2H3,(H,29,32)/t18-,19+,22-,23+,24+/m1/s1. The Morgan fingerprint density at radius 3 is 2.54 bits per heavy atom. The van der Waals surface area contributed by atoms with E-state index in [0.717, 1.165) is 25.7 Å². The van der Waals surface area contributed by atoms with E-state index in [4.69, 9.17) is 21.4 Å². The maximum absolute atomic E-state index is 13.8. The van der Waals surface area contributed by atoms with Crippen molar-refractivity contribution < 1.29 is 24.2 Å². The molecular formula is C27H37ClN2O5. The quantitative estimate of drug-likeness (QED) is 0.249. The average molecular weight is 505 g/mol. The van der Waals surface area contributed by atoms with Crippen LogP contribution in [0.1, 0.15) is 52.4 Å². The van der Waals surface area contributed by atoms with E-state index in [1.807, 2.05) is 12.2 Å². The zero-order chi connectivity index (χ0) is 25.4. The summed E-state index contributed by atoms with van der Waals surface area (Å²) in [6.45, 7) is 4.61. The molecule has 1 aliphatic carbocycles. The van der Waals surface area contributed by atoms with Gasteiger partial charge >= 0.3 is 5.97 Å². The molecular weight excluding hydrogens is 468 g/mol. The molecule has 0 radical (unpaired) electrons. The van der Waals surface area contributed by atoms with Gasteiger partial charge in [0.2, 0.25) is 11.8 Å². The Bertz CT molecular complexity index is 921. The SMILES string of the molecule is CCC[C@@H]1C=C[C@H]2[C@H](C(=O)N(CCCCCCO)[C@@H]2C(=O)Nc2ccccc2Cl)[C@@H]1C(=O)OCC. The van der Waals surface area contributed by atoms with E-state index in [0.29, 0.717) is 30.1 Å². The molecule has 1 heterocycles. The van der Waals surface area contributed by atoms with Crippen molar-refractivity contribution in [3.8, 4) is 0 Å². The number of likely N-dealkylation sites (tertiary alicyclic amines) is 1. The number of fused-ring (bicyclic) bond motifs is 1. The molecule has 192 valence electrons. The lowest BCUT2D eigenvalue weighted by atomic mass is 9.69. The van der Waals surface area contributed by atoms with Crippen LogP contribution in [0.5, 0.6) is 0 Å². The van der Waals surface area contributed by atoms with E-state index in [1.54, 1.807) is 36.1 Å². The van der Waals surface area contributed by atoms with Gasteiger partial charge in [-0.3, -0.25) is 14.4 Å². The fourth-order valence-electron chi connectivity index (χ4n) is 5.42. The van der Waals surface area contributed by atoms with Gasteiger partial charge in [-0.25, -0.2) is 0 Å². The van der Waals surface area contributed by atoms with Crippen molar-refractivity contribution in [3.63, 3.8) is 0 Å². The summed E-state index contributed by atoms with van der Waals surface area (Å²) < 4.78 is 5.40. The molecule has 1 saturated heterocycles. The van der Waals surface area contributed by atoms with Gasteiger partial charge in [0.1, 0.15) is 6.04 Å². The molecule has 3 rings (SSSR count). The first-order valence-electron chi connectivity index (χ1n) is 12.8. The van der Waals surface area contributed by atoms with Crippen molar-refractivity contribution in [2.24, 2.45) is 23.7 Å². The van der Waals surface area contributed by atoms with Gasteiger partial charge in [-0.15, -0.1) is 0 Å². The topological polar surface area (TPSA) is 95.9 Å². The van der Waals surface area contributed by atoms with E-state index < -0.39 is 23.8 Å². The first-order valence-corrected chi connectivity index (χ1v) is 13.1. The van der Waals surface area contributed by atoms with Crippen molar-refractivity contribution in [2.75, 3.05) is 25.1 Å². The van der Waals surface area contributed by atoms with Gasteiger partial charge in [0, 0.05) is 19.1 Å². The number of para-hydroxylation sites is 1. The van der Waals surface area contributed by atoms with E-state index in [1.165, 1.54) is 0 Å². The number of carbonyl (C=O) groups excluding carboxylic acids is 3. The number of unbranched alkanes of at least 4 members (excludes halogenated alkanes) is 3. The molecule has 7 nitrogen and oxygen atoms in total. The number of anilines is 1. The number of rotatable bonds is 12. The number of carbonyl (C=O) groups is 3. The summed E-state index contributed by atoms with van der Waals surface area (Å²) in [5.41, 5.74) is 0.489. The number of benzene rings is 1. The number of ether oxygens (including phenoxy) is 1. The molecule has 35 heavy (non-hydrogen) atoms. The first-order chi connectivity index (χ1) is 16.9. The monoisotopic (exact) mass is 504 g/mol. The van der Waals surface area contributed by atoms with Crippen molar-refractivity contribution >= 4 is 35.1 Å². The maximum atomic E-state index is 13.8. The van der Waals surface area contributed by atoms with Crippen LogP contribution in [0.15, 0.2) is 36.4 Å². The highest BCUT2D eigenvalue weighted by molar-refractivity contribution is 6.33. The number of nitrogens with zero attached hydrogens (tertiary/aromatic N) is 1. The van der Waals surface area contributed by atoms with Crippen LogP contribution in [-0.4, -0.2) is 53.6 Å². The third-order valence-corrected chi connectivity index (χ3v) is 7.33. The van der Waals surface area contributed by atoms with Crippen LogP contribution in [0.4, 0.5) is 5.69 Å². The number of amides is 2. The molecule has 1 aromatic rings. The average Bonchev–Trinajstić information content (AvgIpc) is 3.12. The van der Waals surface area contributed by atoms with Crippen molar-refractivity contribution in [3.05, 3.63) is 41.4 Å². The lowest BCUT2D eigenvalue weighted by Gasteiger charge is -2.33. The van der Waals surface area contributed by atoms with E-state index in [2.05, 4.69) is 12.2 Å². The first kappa shape index (κ1) is 27.2. The lowest BCUT2D eigenvalue weighted by Crippen LogP contribution is -2.44. The van der Waals surface area contributed by atoms with E-state index in [-0.39, 0.29) is 36.9 Å². The normalized spacial score (nSPS) is 25.4. The summed E-state index contributed by atoms with van der Waals surface area (Å²) in [5, 5.41) is 12.4. The minimum atomic E-state index is -0.739. The molecule has 1 aliphatic heterocycles. The lowest BCUT2D eigenvalue weighted by molar-refractivity contribution is -0.155. The summed E-state index contributed by atoms with van der Waals surface area (Å²) in [5.74, 6) is -2.60. The third kappa shape index (κ3) is 6.25. The van der Waals surface area contributed by atoms with Crippen LogP contribution in [-0.2, 0) is 19.1 Å². The molecule has 0 spiro atoms. The smallest absolute Gasteiger partial charge is 0.310 e. The highest BCUT2D eigenvalue weighted by Crippen LogP contribution is 2.46. The Morgan fingerprint density at radius 1 is 1.11 bits per heavy atom. The van der Waals surface area contributed by atoms with Gasteiger partial charge in [0.15, 0.2) is 0 Å². The predicted molar refractivity (Wildman–Crippen MR) is 136 cm³/mol. The van der Waals surface area contributed by atoms with E-state index in [9.17, 15) is 14.4 Å². The van der Waals surface area contributed by atoms with Crippen LogP contribution in [0.25, 0.3) is 0 Å². The second kappa shape index (κ2) is 13.1. The van der Waals surface area contributed by atoms with Gasteiger partial charge in [0.05, 0.1) is 29.2 Å². The Balaban J connectivity index is 1.92. The number of aliphatic hydroxyl groups excluding tert-OH is 1. The Morgan fingerprint density at radius 2 is 1.86 bits per heavy atom. The van der Waals surface area contributed by atoms with Crippen LogP contribution < -0.4 is 5.32 Å². The molecule has 0 saturated carbocycles. The molecule has 2 N–H and O–H groups in total. The summed E-state index contributed by atoms with van der Waals surface area (Å²) in [6, 6.07) is 6.26. The van der Waals surface area contributed by atoms with E-state index >= 15 is 0 Å². The van der Waals surface area contributed by atoms with Crippen LogP contribution in [0, 0.1) is 23.7 Å². The largest absolute Gasteiger partial charge is 0.466 e.